The molecule has 1 heterocycles. The van der Waals surface area contributed by atoms with Gasteiger partial charge in [0.15, 0.2) is 0 Å². The summed E-state index contributed by atoms with van der Waals surface area (Å²) >= 11 is 1.58. The van der Waals surface area contributed by atoms with Crippen LogP contribution >= 0.6 is 11.3 Å². The minimum atomic E-state index is -0.782. The molecule has 1 rings (SSSR count). The zero-order valence-corrected chi connectivity index (χ0v) is 11.0. The van der Waals surface area contributed by atoms with E-state index >= 15 is 0 Å². The highest BCUT2D eigenvalue weighted by Crippen LogP contribution is 2.22. The second-order valence-electron chi connectivity index (χ2n) is 4.13. The van der Waals surface area contributed by atoms with Crippen molar-refractivity contribution in [3.63, 3.8) is 0 Å². The molecule has 5 heteroatoms. The van der Waals surface area contributed by atoms with Gasteiger partial charge in [0.1, 0.15) is 0 Å². The summed E-state index contributed by atoms with van der Waals surface area (Å²) in [6.45, 7) is 3.50. The number of rotatable bonds is 8. The Bertz CT molecular complexity index is 327. The Morgan fingerprint density at radius 2 is 2.41 bits per heavy atom. The predicted molar refractivity (Wildman–Crippen MR) is 68.4 cm³/mol. The molecule has 0 spiro atoms. The van der Waals surface area contributed by atoms with Crippen LogP contribution in [0.25, 0.3) is 0 Å². The molecule has 2 N–H and O–H groups in total. The first kappa shape index (κ1) is 14.2. The molecular weight excluding hydrogens is 238 g/mol. The lowest BCUT2D eigenvalue weighted by atomic mass is 10.1. The lowest BCUT2D eigenvalue weighted by Crippen LogP contribution is -2.29. The van der Waals surface area contributed by atoms with Crippen LogP contribution in [0.3, 0.4) is 0 Å². The fourth-order valence-corrected chi connectivity index (χ4v) is 2.43. The minimum Gasteiger partial charge on any atom is -0.481 e. The van der Waals surface area contributed by atoms with Gasteiger partial charge in [-0.05, 0) is 17.4 Å². The van der Waals surface area contributed by atoms with Gasteiger partial charge in [-0.25, -0.2) is 0 Å². The fourth-order valence-electron chi connectivity index (χ4n) is 1.62. The van der Waals surface area contributed by atoms with Crippen molar-refractivity contribution in [2.24, 2.45) is 5.92 Å². The zero-order valence-electron chi connectivity index (χ0n) is 10.2. The van der Waals surface area contributed by atoms with E-state index in [1.165, 1.54) is 0 Å². The van der Waals surface area contributed by atoms with Crippen LogP contribution in [0.2, 0.25) is 0 Å². The average molecular weight is 257 g/mol. The van der Waals surface area contributed by atoms with Gasteiger partial charge in [0.25, 0.3) is 0 Å². The molecular formula is C12H19NO3S. The number of carboxylic acids is 1. The summed E-state index contributed by atoms with van der Waals surface area (Å²) in [4.78, 5) is 11.9. The van der Waals surface area contributed by atoms with Crippen molar-refractivity contribution in [1.29, 1.82) is 0 Å². The van der Waals surface area contributed by atoms with E-state index in [9.17, 15) is 4.79 Å². The molecule has 2 atom stereocenters. The van der Waals surface area contributed by atoms with E-state index in [2.05, 4.69) is 12.2 Å². The molecule has 17 heavy (non-hydrogen) atoms. The van der Waals surface area contributed by atoms with Gasteiger partial charge in [0, 0.05) is 25.1 Å². The average Bonchev–Trinajstić information content (AvgIpc) is 2.77. The molecule has 0 saturated heterocycles. The van der Waals surface area contributed by atoms with Gasteiger partial charge in [-0.2, -0.15) is 0 Å². The van der Waals surface area contributed by atoms with Crippen LogP contribution in [0.15, 0.2) is 17.5 Å². The van der Waals surface area contributed by atoms with Crippen molar-refractivity contribution in [2.45, 2.75) is 19.4 Å². The normalized spacial score (nSPS) is 14.5. The third-order valence-corrected chi connectivity index (χ3v) is 3.42. The summed E-state index contributed by atoms with van der Waals surface area (Å²) in [5.41, 5.74) is 0. The van der Waals surface area contributed by atoms with E-state index in [0.717, 1.165) is 11.4 Å². The van der Waals surface area contributed by atoms with E-state index in [4.69, 9.17) is 9.84 Å². The minimum absolute atomic E-state index is 0.105. The molecule has 4 nitrogen and oxygen atoms in total. The van der Waals surface area contributed by atoms with Crippen molar-refractivity contribution in [3.05, 3.63) is 22.4 Å². The maximum Gasteiger partial charge on any atom is 0.305 e. The second kappa shape index (κ2) is 7.42. The molecule has 2 unspecified atom stereocenters. The Balaban J connectivity index is 2.50. The van der Waals surface area contributed by atoms with Crippen LogP contribution in [0.5, 0.6) is 0 Å². The Kier molecular flexibility index (Phi) is 6.18. The van der Waals surface area contributed by atoms with Gasteiger partial charge < -0.3 is 15.2 Å². The maximum absolute atomic E-state index is 10.8. The van der Waals surface area contributed by atoms with Crippen molar-refractivity contribution in [1.82, 2.24) is 5.32 Å². The molecule has 96 valence electrons. The van der Waals surface area contributed by atoms with E-state index in [-0.39, 0.29) is 12.5 Å². The van der Waals surface area contributed by atoms with Crippen LogP contribution in [0.4, 0.5) is 0 Å². The third-order valence-electron chi connectivity index (χ3n) is 2.43. The smallest absolute Gasteiger partial charge is 0.305 e. The van der Waals surface area contributed by atoms with Crippen molar-refractivity contribution in [3.8, 4) is 0 Å². The van der Waals surface area contributed by atoms with Gasteiger partial charge >= 0.3 is 5.97 Å². The quantitative estimate of drug-likeness (QED) is 0.749. The SMILES string of the molecule is COCC(C)CNC(CC(=O)O)c1cccs1. The third kappa shape index (κ3) is 5.30. The summed E-state index contributed by atoms with van der Waals surface area (Å²) in [6, 6.07) is 3.80. The molecule has 0 aliphatic heterocycles. The highest BCUT2D eigenvalue weighted by atomic mass is 32.1. The molecule has 0 aromatic carbocycles. The standard InChI is InChI=1S/C12H19NO3S/c1-9(8-16-2)7-13-10(6-12(14)15)11-4-3-5-17-11/h3-5,9-10,13H,6-8H2,1-2H3,(H,14,15). The second-order valence-corrected chi connectivity index (χ2v) is 5.11. The van der Waals surface area contributed by atoms with Crippen LogP contribution in [-0.4, -0.2) is 31.3 Å². The van der Waals surface area contributed by atoms with E-state index in [1.54, 1.807) is 18.4 Å². The van der Waals surface area contributed by atoms with Crippen LogP contribution in [-0.2, 0) is 9.53 Å². The molecule has 1 aromatic rings. The van der Waals surface area contributed by atoms with Crippen molar-refractivity contribution < 1.29 is 14.6 Å². The van der Waals surface area contributed by atoms with Crippen LogP contribution < -0.4 is 5.32 Å². The first-order chi connectivity index (χ1) is 8.13. The first-order valence-corrected chi connectivity index (χ1v) is 6.49. The molecule has 0 saturated carbocycles. The summed E-state index contributed by atoms with van der Waals surface area (Å²) in [5, 5.41) is 14.1. The van der Waals surface area contributed by atoms with Crippen LogP contribution in [0.1, 0.15) is 24.3 Å². The predicted octanol–water partition coefficient (Wildman–Crippen LogP) is 2.14. The molecule has 1 aromatic heterocycles. The van der Waals surface area contributed by atoms with Crippen molar-refractivity contribution >= 4 is 17.3 Å². The van der Waals surface area contributed by atoms with Gasteiger partial charge in [0.05, 0.1) is 12.5 Å². The van der Waals surface area contributed by atoms with Gasteiger partial charge in [-0.1, -0.05) is 13.0 Å². The number of thiophene rings is 1. The lowest BCUT2D eigenvalue weighted by molar-refractivity contribution is -0.137. The fraction of sp³-hybridized carbons (Fsp3) is 0.583. The van der Waals surface area contributed by atoms with Gasteiger partial charge in [0.2, 0.25) is 0 Å². The maximum atomic E-state index is 10.8. The Hall–Kier alpha value is -0.910. The number of carboxylic acid groups (broad SMARTS) is 1. The molecule has 0 aliphatic rings. The summed E-state index contributed by atoms with van der Waals surface area (Å²) < 4.78 is 5.05. The molecule has 0 aliphatic carbocycles. The topological polar surface area (TPSA) is 58.6 Å². The molecule has 0 fully saturated rings. The molecule has 0 bridgehead atoms. The Morgan fingerprint density at radius 1 is 1.65 bits per heavy atom. The number of nitrogens with one attached hydrogen (secondary N) is 1. The van der Waals surface area contributed by atoms with Crippen molar-refractivity contribution in [2.75, 3.05) is 20.3 Å². The number of methoxy groups -OCH3 is 1. The highest BCUT2D eigenvalue weighted by molar-refractivity contribution is 7.10. The molecule has 0 amide bonds. The van der Waals surface area contributed by atoms with Crippen LogP contribution in [0, 0.1) is 5.92 Å². The summed E-state index contributed by atoms with van der Waals surface area (Å²) in [5.74, 6) is -0.411. The number of hydrogen-bond donors (Lipinski definition) is 2. The first-order valence-electron chi connectivity index (χ1n) is 5.61. The number of ether oxygens (including phenoxy) is 1. The van der Waals surface area contributed by atoms with E-state index < -0.39 is 5.97 Å². The van der Waals surface area contributed by atoms with E-state index in [1.807, 2.05) is 17.5 Å². The number of aliphatic carboxylic acids is 1. The molecule has 0 radical (unpaired) electrons. The summed E-state index contributed by atoms with van der Waals surface area (Å²) in [7, 11) is 1.67. The van der Waals surface area contributed by atoms with Gasteiger partial charge in [-0.15, -0.1) is 11.3 Å². The Labute approximate surface area is 106 Å². The lowest BCUT2D eigenvalue weighted by Gasteiger charge is -2.18. The summed E-state index contributed by atoms with van der Waals surface area (Å²) in [6.07, 6.45) is 0.111. The number of carbonyl (C=O) groups is 1. The Morgan fingerprint density at radius 3 is 2.94 bits per heavy atom. The van der Waals surface area contributed by atoms with Gasteiger partial charge in [-0.3, -0.25) is 4.79 Å². The largest absolute Gasteiger partial charge is 0.481 e. The van der Waals surface area contributed by atoms with E-state index in [0.29, 0.717) is 12.5 Å². The highest BCUT2D eigenvalue weighted by Gasteiger charge is 2.16. The zero-order chi connectivity index (χ0) is 12.7. The number of hydrogen-bond acceptors (Lipinski definition) is 4. The monoisotopic (exact) mass is 257 g/mol.